The lowest BCUT2D eigenvalue weighted by Crippen LogP contribution is -2.33. The Morgan fingerprint density at radius 3 is 2.83 bits per heavy atom. The number of aryl methyl sites for hydroxylation is 1. The average Bonchev–Trinajstić information content (AvgIpc) is 2.34. The number of carbonyl (C=O) groups is 1. The van der Waals surface area contributed by atoms with Crippen LogP contribution >= 0.6 is 0 Å². The fourth-order valence-electron chi connectivity index (χ4n) is 1.75. The van der Waals surface area contributed by atoms with Crippen molar-refractivity contribution in [2.45, 2.75) is 33.6 Å². The third kappa shape index (κ3) is 4.35. The summed E-state index contributed by atoms with van der Waals surface area (Å²) in [6, 6.07) is 3.95. The molecule has 18 heavy (non-hydrogen) atoms. The molecule has 0 saturated heterocycles. The standard InChI is InChI=1S/C14H22N2O2/c1-4-5-8-16(10-12(3)14(17)18)13-9-11(2)6-7-15-13/h6-7,9,12H,4-5,8,10H2,1-3H3,(H,17,18). The second kappa shape index (κ2) is 6.99. The van der Waals surface area contributed by atoms with Crippen LogP contribution in [0.3, 0.4) is 0 Å². The first kappa shape index (κ1) is 14.5. The summed E-state index contributed by atoms with van der Waals surface area (Å²) in [5.41, 5.74) is 1.14. The molecule has 1 N–H and O–H groups in total. The van der Waals surface area contributed by atoms with Crippen LogP contribution < -0.4 is 4.90 Å². The lowest BCUT2D eigenvalue weighted by atomic mass is 10.1. The van der Waals surface area contributed by atoms with E-state index in [1.54, 1.807) is 13.1 Å². The minimum atomic E-state index is -0.760. The number of hydrogen-bond acceptors (Lipinski definition) is 3. The molecular formula is C14H22N2O2. The molecule has 0 saturated carbocycles. The van der Waals surface area contributed by atoms with E-state index in [-0.39, 0.29) is 5.92 Å². The normalized spacial score (nSPS) is 12.2. The highest BCUT2D eigenvalue weighted by atomic mass is 16.4. The lowest BCUT2D eigenvalue weighted by molar-refractivity contribution is -0.140. The van der Waals surface area contributed by atoms with Crippen molar-refractivity contribution >= 4 is 11.8 Å². The molecule has 100 valence electrons. The molecule has 1 aromatic rings. The molecule has 0 bridgehead atoms. The van der Waals surface area contributed by atoms with Gasteiger partial charge in [-0.05, 0) is 31.0 Å². The van der Waals surface area contributed by atoms with Crippen molar-refractivity contribution in [2.75, 3.05) is 18.0 Å². The van der Waals surface area contributed by atoms with Crippen molar-refractivity contribution in [1.82, 2.24) is 4.98 Å². The van der Waals surface area contributed by atoms with Gasteiger partial charge < -0.3 is 10.0 Å². The molecule has 0 spiro atoms. The van der Waals surface area contributed by atoms with E-state index < -0.39 is 5.97 Å². The molecule has 1 heterocycles. The quantitative estimate of drug-likeness (QED) is 0.808. The predicted octanol–water partition coefficient (Wildman–Crippen LogP) is 2.72. The summed E-state index contributed by atoms with van der Waals surface area (Å²) in [6.07, 6.45) is 3.90. The molecule has 0 aliphatic carbocycles. The molecule has 0 radical (unpaired) electrons. The fourth-order valence-corrected chi connectivity index (χ4v) is 1.75. The second-order valence-electron chi connectivity index (χ2n) is 4.73. The zero-order valence-electron chi connectivity index (χ0n) is 11.4. The first-order valence-corrected chi connectivity index (χ1v) is 6.45. The number of unbranched alkanes of at least 4 members (excludes halogenated alkanes) is 1. The van der Waals surface area contributed by atoms with Crippen LogP contribution in [0.25, 0.3) is 0 Å². The van der Waals surface area contributed by atoms with E-state index in [1.807, 2.05) is 19.1 Å². The number of aliphatic carboxylic acids is 1. The SMILES string of the molecule is CCCCN(CC(C)C(=O)O)c1cc(C)ccn1. The van der Waals surface area contributed by atoms with Gasteiger partial charge in [0.15, 0.2) is 0 Å². The summed E-state index contributed by atoms with van der Waals surface area (Å²) < 4.78 is 0. The van der Waals surface area contributed by atoms with Crippen LogP contribution in [0, 0.1) is 12.8 Å². The fraction of sp³-hybridized carbons (Fsp3) is 0.571. The molecule has 1 rings (SSSR count). The second-order valence-corrected chi connectivity index (χ2v) is 4.73. The van der Waals surface area contributed by atoms with Crippen molar-refractivity contribution in [3.05, 3.63) is 23.9 Å². The Balaban J connectivity index is 2.80. The van der Waals surface area contributed by atoms with E-state index in [2.05, 4.69) is 16.8 Å². The molecule has 0 aliphatic heterocycles. The van der Waals surface area contributed by atoms with Gasteiger partial charge in [-0.2, -0.15) is 0 Å². The molecule has 1 atom stereocenters. The number of pyridine rings is 1. The molecular weight excluding hydrogens is 228 g/mol. The van der Waals surface area contributed by atoms with Gasteiger partial charge in [0, 0.05) is 19.3 Å². The maximum atomic E-state index is 11.0. The van der Waals surface area contributed by atoms with Gasteiger partial charge >= 0.3 is 5.97 Å². The van der Waals surface area contributed by atoms with Gasteiger partial charge in [-0.25, -0.2) is 4.98 Å². The Kier molecular flexibility index (Phi) is 5.62. The number of hydrogen-bond donors (Lipinski definition) is 1. The zero-order valence-corrected chi connectivity index (χ0v) is 11.4. The summed E-state index contributed by atoms with van der Waals surface area (Å²) in [5.74, 6) is -0.273. The Morgan fingerprint density at radius 2 is 2.28 bits per heavy atom. The van der Waals surface area contributed by atoms with Crippen molar-refractivity contribution in [2.24, 2.45) is 5.92 Å². The number of nitrogens with zero attached hydrogens (tertiary/aromatic N) is 2. The maximum absolute atomic E-state index is 11.0. The third-order valence-corrected chi connectivity index (χ3v) is 2.92. The first-order valence-electron chi connectivity index (χ1n) is 6.45. The van der Waals surface area contributed by atoms with E-state index in [1.165, 1.54) is 0 Å². The molecule has 0 aromatic carbocycles. The minimum Gasteiger partial charge on any atom is -0.481 e. The van der Waals surface area contributed by atoms with Gasteiger partial charge in [0.05, 0.1) is 5.92 Å². The summed E-state index contributed by atoms with van der Waals surface area (Å²) in [6.45, 7) is 7.24. The van der Waals surface area contributed by atoms with Crippen molar-refractivity contribution in [3.8, 4) is 0 Å². The minimum absolute atomic E-state index is 0.385. The van der Waals surface area contributed by atoms with Gasteiger partial charge in [-0.3, -0.25) is 4.79 Å². The summed E-state index contributed by atoms with van der Waals surface area (Å²) in [4.78, 5) is 17.4. The van der Waals surface area contributed by atoms with E-state index in [0.717, 1.165) is 30.8 Å². The van der Waals surface area contributed by atoms with Crippen LogP contribution in [0.4, 0.5) is 5.82 Å². The summed E-state index contributed by atoms with van der Waals surface area (Å²) >= 11 is 0. The van der Waals surface area contributed by atoms with E-state index >= 15 is 0 Å². The summed E-state index contributed by atoms with van der Waals surface area (Å²) in [7, 11) is 0. The predicted molar refractivity (Wildman–Crippen MR) is 72.9 cm³/mol. The van der Waals surface area contributed by atoms with Crippen molar-refractivity contribution in [3.63, 3.8) is 0 Å². The highest BCUT2D eigenvalue weighted by molar-refractivity contribution is 5.70. The molecule has 4 nitrogen and oxygen atoms in total. The van der Waals surface area contributed by atoms with Gasteiger partial charge in [0.2, 0.25) is 0 Å². The van der Waals surface area contributed by atoms with E-state index in [4.69, 9.17) is 5.11 Å². The Hall–Kier alpha value is -1.58. The molecule has 0 fully saturated rings. The van der Waals surface area contributed by atoms with Gasteiger partial charge in [0.1, 0.15) is 5.82 Å². The average molecular weight is 250 g/mol. The number of carboxylic acids is 1. The molecule has 4 heteroatoms. The van der Waals surface area contributed by atoms with Crippen LogP contribution in [0.5, 0.6) is 0 Å². The van der Waals surface area contributed by atoms with Crippen LogP contribution in [0.2, 0.25) is 0 Å². The molecule has 1 unspecified atom stereocenters. The number of aromatic nitrogens is 1. The number of anilines is 1. The Bertz CT molecular complexity index is 393. The lowest BCUT2D eigenvalue weighted by Gasteiger charge is -2.25. The molecule has 0 amide bonds. The van der Waals surface area contributed by atoms with Crippen LogP contribution in [0.1, 0.15) is 32.3 Å². The van der Waals surface area contributed by atoms with E-state index in [0.29, 0.717) is 6.54 Å². The zero-order chi connectivity index (χ0) is 13.5. The maximum Gasteiger partial charge on any atom is 0.308 e. The monoisotopic (exact) mass is 250 g/mol. The molecule has 1 aromatic heterocycles. The largest absolute Gasteiger partial charge is 0.481 e. The molecule has 0 aliphatic rings. The van der Waals surface area contributed by atoms with E-state index in [9.17, 15) is 4.79 Å². The number of carboxylic acid groups (broad SMARTS) is 1. The third-order valence-electron chi connectivity index (χ3n) is 2.92. The summed E-state index contributed by atoms with van der Waals surface area (Å²) in [5, 5.41) is 9.01. The Morgan fingerprint density at radius 1 is 1.56 bits per heavy atom. The van der Waals surface area contributed by atoms with Crippen molar-refractivity contribution in [1.29, 1.82) is 0 Å². The highest BCUT2D eigenvalue weighted by Crippen LogP contribution is 2.15. The van der Waals surface area contributed by atoms with Gasteiger partial charge in [-0.1, -0.05) is 20.3 Å². The topological polar surface area (TPSA) is 53.4 Å². The highest BCUT2D eigenvalue weighted by Gasteiger charge is 2.17. The Labute approximate surface area is 109 Å². The van der Waals surface area contributed by atoms with Gasteiger partial charge in [0.25, 0.3) is 0 Å². The van der Waals surface area contributed by atoms with Crippen LogP contribution in [-0.2, 0) is 4.79 Å². The number of rotatable bonds is 7. The smallest absolute Gasteiger partial charge is 0.308 e. The van der Waals surface area contributed by atoms with Crippen molar-refractivity contribution < 1.29 is 9.90 Å². The van der Waals surface area contributed by atoms with Crippen LogP contribution in [0.15, 0.2) is 18.3 Å². The van der Waals surface area contributed by atoms with Crippen LogP contribution in [-0.4, -0.2) is 29.1 Å². The first-order chi connectivity index (χ1) is 8.54. The van der Waals surface area contributed by atoms with Gasteiger partial charge in [-0.15, -0.1) is 0 Å².